The smallest absolute Gasteiger partial charge is 0.142 e. The van der Waals surface area contributed by atoms with Crippen LogP contribution in [0.15, 0.2) is 18.2 Å². The number of rotatable bonds is 6. The molecule has 0 bridgehead atoms. The molecule has 0 amide bonds. The second-order valence-corrected chi connectivity index (χ2v) is 4.67. The molecule has 0 saturated heterocycles. The second-order valence-electron chi connectivity index (χ2n) is 4.26. The average molecular weight is 260 g/mol. The highest BCUT2D eigenvalue weighted by molar-refractivity contribution is 6.30. The predicted octanol–water partition coefficient (Wildman–Crippen LogP) is 3.64. The predicted molar refractivity (Wildman–Crippen MR) is 69.3 cm³/mol. The summed E-state index contributed by atoms with van der Waals surface area (Å²) < 4.78 is 18.9. The van der Waals surface area contributed by atoms with Gasteiger partial charge >= 0.3 is 0 Å². The lowest BCUT2D eigenvalue weighted by molar-refractivity contribution is 0.0841. The third-order valence-electron chi connectivity index (χ3n) is 2.75. The van der Waals surface area contributed by atoms with Crippen LogP contribution in [0.5, 0.6) is 5.75 Å². The summed E-state index contributed by atoms with van der Waals surface area (Å²) in [6.07, 6.45) is 0.856. The highest BCUT2D eigenvalue weighted by atomic mass is 35.5. The van der Waals surface area contributed by atoms with E-state index in [0.717, 1.165) is 19.5 Å². The third kappa shape index (κ3) is 4.17. The van der Waals surface area contributed by atoms with Gasteiger partial charge in [-0.3, -0.25) is 0 Å². The van der Waals surface area contributed by atoms with Gasteiger partial charge in [0.2, 0.25) is 0 Å². The van der Waals surface area contributed by atoms with Crippen molar-refractivity contribution in [1.82, 2.24) is 5.32 Å². The van der Waals surface area contributed by atoms with Crippen LogP contribution in [0.3, 0.4) is 0 Å². The molecular weight excluding hydrogens is 241 g/mol. The van der Waals surface area contributed by atoms with Crippen molar-refractivity contribution in [3.05, 3.63) is 29.0 Å². The lowest BCUT2D eigenvalue weighted by atomic mass is 10.0. The number of hydrogen-bond acceptors (Lipinski definition) is 2. The van der Waals surface area contributed by atoms with Crippen LogP contribution in [0.2, 0.25) is 5.02 Å². The molecular formula is C13H19ClFNO. The van der Waals surface area contributed by atoms with Crippen LogP contribution in [0, 0.1) is 5.82 Å². The van der Waals surface area contributed by atoms with Gasteiger partial charge in [0.25, 0.3) is 0 Å². The fraction of sp³-hybridized carbons (Fsp3) is 0.538. The van der Waals surface area contributed by atoms with Crippen molar-refractivity contribution in [3.8, 4) is 5.75 Å². The Morgan fingerprint density at radius 2 is 2.12 bits per heavy atom. The van der Waals surface area contributed by atoms with Crippen molar-refractivity contribution in [3.63, 3.8) is 0 Å². The van der Waals surface area contributed by atoms with E-state index in [-0.39, 0.29) is 10.6 Å². The SMILES string of the molecule is CCNCC(C)(CC)Oc1ccc(F)c(Cl)c1. The first-order valence-electron chi connectivity index (χ1n) is 5.85. The zero-order valence-corrected chi connectivity index (χ0v) is 11.3. The zero-order chi connectivity index (χ0) is 12.9. The number of ether oxygens (including phenoxy) is 1. The Morgan fingerprint density at radius 1 is 1.41 bits per heavy atom. The molecule has 0 aromatic heterocycles. The molecule has 0 saturated carbocycles. The highest BCUT2D eigenvalue weighted by Crippen LogP contribution is 2.25. The minimum atomic E-state index is -0.427. The fourth-order valence-corrected chi connectivity index (χ4v) is 1.62. The van der Waals surface area contributed by atoms with Crippen LogP contribution < -0.4 is 10.1 Å². The Balaban J connectivity index is 2.76. The minimum Gasteiger partial charge on any atom is -0.486 e. The van der Waals surface area contributed by atoms with Gasteiger partial charge in [0, 0.05) is 12.6 Å². The first kappa shape index (κ1) is 14.3. The number of hydrogen-bond donors (Lipinski definition) is 1. The summed E-state index contributed by atoms with van der Waals surface area (Å²) in [7, 11) is 0. The standard InChI is InChI=1S/C13H19ClFNO/c1-4-13(3,9-16-5-2)17-10-6-7-12(15)11(14)8-10/h6-8,16H,4-5,9H2,1-3H3. The van der Waals surface area contributed by atoms with Crippen LogP contribution in [-0.4, -0.2) is 18.7 Å². The Hall–Kier alpha value is -0.800. The summed E-state index contributed by atoms with van der Waals surface area (Å²) >= 11 is 5.72. The Labute approximate surface area is 107 Å². The Morgan fingerprint density at radius 3 is 2.65 bits per heavy atom. The van der Waals surface area contributed by atoms with Gasteiger partial charge in [-0.1, -0.05) is 25.4 Å². The number of halogens is 2. The van der Waals surface area contributed by atoms with Gasteiger partial charge in [0.15, 0.2) is 0 Å². The molecule has 1 N–H and O–H groups in total. The second kappa shape index (κ2) is 6.22. The first-order valence-corrected chi connectivity index (χ1v) is 6.23. The molecule has 1 aromatic carbocycles. The molecule has 0 fully saturated rings. The van der Waals surface area contributed by atoms with Gasteiger partial charge in [0.1, 0.15) is 17.2 Å². The van der Waals surface area contributed by atoms with Gasteiger partial charge in [-0.15, -0.1) is 0 Å². The molecule has 1 unspecified atom stereocenters. The van der Waals surface area contributed by atoms with Crippen molar-refractivity contribution in [2.75, 3.05) is 13.1 Å². The summed E-state index contributed by atoms with van der Waals surface area (Å²) in [4.78, 5) is 0. The maximum absolute atomic E-state index is 13.0. The summed E-state index contributed by atoms with van der Waals surface area (Å²) in [6.45, 7) is 7.76. The summed E-state index contributed by atoms with van der Waals surface area (Å²) in [5.41, 5.74) is -0.308. The van der Waals surface area contributed by atoms with Gasteiger partial charge < -0.3 is 10.1 Å². The van der Waals surface area contributed by atoms with Gasteiger partial charge in [-0.25, -0.2) is 4.39 Å². The molecule has 17 heavy (non-hydrogen) atoms. The van der Waals surface area contributed by atoms with E-state index in [0.29, 0.717) is 5.75 Å². The van der Waals surface area contributed by atoms with E-state index in [9.17, 15) is 4.39 Å². The van der Waals surface area contributed by atoms with E-state index in [1.807, 2.05) is 13.8 Å². The van der Waals surface area contributed by atoms with Crippen LogP contribution in [0.25, 0.3) is 0 Å². The Bertz CT molecular complexity index is 372. The number of likely N-dealkylation sites (N-methyl/N-ethyl adjacent to an activating group) is 1. The normalized spacial score (nSPS) is 14.4. The van der Waals surface area contributed by atoms with Gasteiger partial charge in [-0.05, 0) is 32.0 Å². The lowest BCUT2D eigenvalue weighted by Crippen LogP contribution is -2.42. The van der Waals surface area contributed by atoms with Crippen LogP contribution >= 0.6 is 11.6 Å². The molecule has 0 aliphatic carbocycles. The molecule has 96 valence electrons. The molecule has 0 aliphatic heterocycles. The monoisotopic (exact) mass is 259 g/mol. The van der Waals surface area contributed by atoms with E-state index in [1.54, 1.807) is 6.07 Å². The summed E-state index contributed by atoms with van der Waals surface area (Å²) in [5, 5.41) is 3.34. The largest absolute Gasteiger partial charge is 0.486 e. The van der Waals surface area contributed by atoms with Crippen LogP contribution in [-0.2, 0) is 0 Å². The van der Waals surface area contributed by atoms with E-state index in [2.05, 4.69) is 12.2 Å². The highest BCUT2D eigenvalue weighted by Gasteiger charge is 2.23. The Kier molecular flexibility index (Phi) is 5.22. The van der Waals surface area contributed by atoms with Gasteiger partial charge in [0.05, 0.1) is 5.02 Å². The molecule has 1 atom stereocenters. The average Bonchev–Trinajstić information content (AvgIpc) is 2.31. The molecule has 0 heterocycles. The van der Waals surface area contributed by atoms with Crippen molar-refractivity contribution >= 4 is 11.6 Å². The molecule has 2 nitrogen and oxygen atoms in total. The van der Waals surface area contributed by atoms with Gasteiger partial charge in [-0.2, -0.15) is 0 Å². The van der Waals surface area contributed by atoms with Crippen LogP contribution in [0.4, 0.5) is 4.39 Å². The van der Waals surface area contributed by atoms with Crippen molar-refractivity contribution in [2.24, 2.45) is 0 Å². The molecule has 4 heteroatoms. The molecule has 0 radical (unpaired) electrons. The number of benzene rings is 1. The third-order valence-corrected chi connectivity index (χ3v) is 3.04. The van der Waals surface area contributed by atoms with Crippen molar-refractivity contribution < 1.29 is 9.13 Å². The molecule has 1 aromatic rings. The summed E-state index contributed by atoms with van der Waals surface area (Å²) in [5.74, 6) is 0.169. The number of nitrogens with one attached hydrogen (secondary N) is 1. The van der Waals surface area contributed by atoms with E-state index >= 15 is 0 Å². The van der Waals surface area contributed by atoms with E-state index < -0.39 is 5.82 Å². The van der Waals surface area contributed by atoms with E-state index in [4.69, 9.17) is 16.3 Å². The minimum absolute atomic E-state index is 0.0874. The fourth-order valence-electron chi connectivity index (χ4n) is 1.45. The maximum atomic E-state index is 13.0. The first-order chi connectivity index (χ1) is 8.00. The zero-order valence-electron chi connectivity index (χ0n) is 10.5. The molecule has 0 spiro atoms. The van der Waals surface area contributed by atoms with E-state index in [1.165, 1.54) is 12.1 Å². The van der Waals surface area contributed by atoms with Crippen molar-refractivity contribution in [1.29, 1.82) is 0 Å². The summed E-state index contributed by atoms with van der Waals surface area (Å²) in [6, 6.07) is 4.43. The van der Waals surface area contributed by atoms with Crippen molar-refractivity contribution in [2.45, 2.75) is 32.8 Å². The molecule has 0 aliphatic rings. The lowest BCUT2D eigenvalue weighted by Gasteiger charge is -2.30. The quantitative estimate of drug-likeness (QED) is 0.842. The maximum Gasteiger partial charge on any atom is 0.142 e. The molecule has 1 rings (SSSR count). The van der Waals surface area contributed by atoms with Crippen LogP contribution in [0.1, 0.15) is 27.2 Å². The topological polar surface area (TPSA) is 21.3 Å².